The summed E-state index contributed by atoms with van der Waals surface area (Å²) in [5.74, 6) is 0.656. The second kappa shape index (κ2) is 8.54. The third-order valence-electron chi connectivity index (χ3n) is 3.79. The number of benzene rings is 3. The first-order valence-electron chi connectivity index (χ1n) is 7.90. The standard InChI is InChI=1S/C20H16Cl3NO2/c21-17-4-2-1-3-14(17)12-26-16-7-5-13(6-8-16)11-24-15-9-18(22)20(25)19(23)10-15/h1-10,24-25H,11-12H2. The maximum Gasteiger partial charge on any atom is 0.152 e. The quantitative estimate of drug-likeness (QED) is 0.455. The Kier molecular flexibility index (Phi) is 6.15. The van der Waals surface area contributed by atoms with E-state index in [4.69, 9.17) is 39.5 Å². The van der Waals surface area contributed by atoms with E-state index in [-0.39, 0.29) is 15.8 Å². The van der Waals surface area contributed by atoms with Gasteiger partial charge in [0.05, 0.1) is 10.0 Å². The van der Waals surface area contributed by atoms with E-state index in [0.29, 0.717) is 18.2 Å². The second-order valence-corrected chi connectivity index (χ2v) is 6.89. The first-order valence-corrected chi connectivity index (χ1v) is 9.03. The second-order valence-electron chi connectivity index (χ2n) is 5.67. The van der Waals surface area contributed by atoms with E-state index < -0.39 is 0 Å². The van der Waals surface area contributed by atoms with Crippen molar-refractivity contribution in [3.05, 3.63) is 86.9 Å². The highest BCUT2D eigenvalue weighted by atomic mass is 35.5. The van der Waals surface area contributed by atoms with Gasteiger partial charge in [0.2, 0.25) is 0 Å². The van der Waals surface area contributed by atoms with Gasteiger partial charge in [-0.1, -0.05) is 65.1 Å². The molecule has 6 heteroatoms. The minimum absolute atomic E-state index is 0.112. The summed E-state index contributed by atoms with van der Waals surface area (Å²) in [5.41, 5.74) is 2.74. The van der Waals surface area contributed by atoms with Gasteiger partial charge in [-0.05, 0) is 35.9 Å². The zero-order valence-electron chi connectivity index (χ0n) is 13.7. The van der Waals surface area contributed by atoms with Gasteiger partial charge in [0, 0.05) is 22.8 Å². The Bertz CT molecular complexity index is 875. The van der Waals surface area contributed by atoms with Gasteiger partial charge in [-0.2, -0.15) is 0 Å². The molecule has 0 heterocycles. The van der Waals surface area contributed by atoms with Crippen LogP contribution in [0.3, 0.4) is 0 Å². The summed E-state index contributed by atoms with van der Waals surface area (Å²) in [6, 6.07) is 18.6. The topological polar surface area (TPSA) is 41.5 Å². The van der Waals surface area contributed by atoms with Crippen LogP contribution in [0.25, 0.3) is 0 Å². The van der Waals surface area contributed by atoms with Gasteiger partial charge in [0.15, 0.2) is 5.75 Å². The monoisotopic (exact) mass is 407 g/mol. The molecule has 0 unspecified atom stereocenters. The lowest BCUT2D eigenvalue weighted by molar-refractivity contribution is 0.306. The first kappa shape index (κ1) is 18.7. The van der Waals surface area contributed by atoms with Crippen LogP contribution in [0.2, 0.25) is 15.1 Å². The molecule has 0 spiro atoms. The summed E-state index contributed by atoms with van der Waals surface area (Å²) < 4.78 is 5.77. The smallest absolute Gasteiger partial charge is 0.152 e. The fraction of sp³-hybridized carbons (Fsp3) is 0.100. The molecule has 3 aromatic carbocycles. The van der Waals surface area contributed by atoms with Crippen LogP contribution in [-0.4, -0.2) is 5.11 Å². The number of halogens is 3. The summed E-state index contributed by atoms with van der Waals surface area (Å²) >= 11 is 18.0. The minimum Gasteiger partial charge on any atom is -0.505 e. The van der Waals surface area contributed by atoms with Crippen LogP contribution in [0, 0.1) is 0 Å². The van der Waals surface area contributed by atoms with Gasteiger partial charge < -0.3 is 15.2 Å². The SMILES string of the molecule is Oc1c(Cl)cc(NCc2ccc(OCc3ccccc3Cl)cc2)cc1Cl. The molecular formula is C20H16Cl3NO2. The Balaban J connectivity index is 1.57. The molecule has 2 N–H and O–H groups in total. The predicted molar refractivity (Wildman–Crippen MR) is 108 cm³/mol. The van der Waals surface area contributed by atoms with Gasteiger partial charge >= 0.3 is 0 Å². The molecule has 0 atom stereocenters. The molecule has 0 aliphatic rings. The molecule has 134 valence electrons. The molecule has 0 aliphatic heterocycles. The highest BCUT2D eigenvalue weighted by molar-refractivity contribution is 6.37. The van der Waals surface area contributed by atoms with Crippen molar-refractivity contribution in [3.63, 3.8) is 0 Å². The van der Waals surface area contributed by atoms with E-state index in [9.17, 15) is 5.11 Å². The number of nitrogens with one attached hydrogen (secondary N) is 1. The van der Waals surface area contributed by atoms with Crippen LogP contribution < -0.4 is 10.1 Å². The molecule has 0 fully saturated rings. The summed E-state index contributed by atoms with van der Waals surface area (Å²) in [7, 11) is 0. The van der Waals surface area contributed by atoms with Gasteiger partial charge in [-0.3, -0.25) is 0 Å². The van der Waals surface area contributed by atoms with Crippen LogP contribution in [0.4, 0.5) is 5.69 Å². The molecule has 0 saturated carbocycles. The Morgan fingerprint density at radius 2 is 1.50 bits per heavy atom. The summed E-state index contributed by atoms with van der Waals surface area (Å²) in [6.07, 6.45) is 0. The number of rotatable bonds is 6. The molecular weight excluding hydrogens is 393 g/mol. The lowest BCUT2D eigenvalue weighted by Gasteiger charge is -2.11. The molecule has 3 rings (SSSR count). The molecule has 0 bridgehead atoms. The van der Waals surface area contributed by atoms with E-state index in [2.05, 4.69) is 5.32 Å². The molecule has 0 amide bonds. The molecule has 0 aromatic heterocycles. The number of phenols is 1. The number of hydrogen-bond donors (Lipinski definition) is 2. The fourth-order valence-electron chi connectivity index (χ4n) is 2.35. The zero-order chi connectivity index (χ0) is 18.5. The van der Waals surface area contributed by atoms with Crippen LogP contribution in [0.5, 0.6) is 11.5 Å². The Labute approximate surface area is 167 Å². The van der Waals surface area contributed by atoms with E-state index in [0.717, 1.165) is 22.6 Å². The van der Waals surface area contributed by atoms with E-state index in [1.54, 1.807) is 12.1 Å². The van der Waals surface area contributed by atoms with Gasteiger partial charge in [0.1, 0.15) is 12.4 Å². The van der Waals surface area contributed by atoms with Crippen LogP contribution in [0.15, 0.2) is 60.7 Å². The number of anilines is 1. The van der Waals surface area contributed by atoms with Crippen LogP contribution >= 0.6 is 34.8 Å². The van der Waals surface area contributed by atoms with Crippen molar-refractivity contribution < 1.29 is 9.84 Å². The predicted octanol–water partition coefficient (Wildman–Crippen LogP) is 6.54. The third kappa shape index (κ3) is 4.76. The Morgan fingerprint density at radius 3 is 2.15 bits per heavy atom. The van der Waals surface area contributed by atoms with E-state index in [1.165, 1.54) is 0 Å². The molecule has 3 nitrogen and oxygen atoms in total. The highest BCUT2D eigenvalue weighted by Gasteiger charge is 2.06. The van der Waals surface area contributed by atoms with Crippen molar-refractivity contribution in [2.45, 2.75) is 13.2 Å². The van der Waals surface area contributed by atoms with Gasteiger partial charge in [-0.25, -0.2) is 0 Å². The Hall–Kier alpha value is -2.07. The maximum absolute atomic E-state index is 9.58. The minimum atomic E-state index is -0.112. The van der Waals surface area contributed by atoms with E-state index >= 15 is 0 Å². The molecule has 0 saturated heterocycles. The normalized spacial score (nSPS) is 10.6. The van der Waals surface area contributed by atoms with Crippen molar-refractivity contribution in [2.75, 3.05) is 5.32 Å². The van der Waals surface area contributed by atoms with Crippen molar-refractivity contribution in [1.29, 1.82) is 0 Å². The van der Waals surface area contributed by atoms with Crippen molar-refractivity contribution >= 4 is 40.5 Å². The summed E-state index contributed by atoms with van der Waals surface area (Å²) in [5, 5.41) is 13.9. The van der Waals surface area contributed by atoms with Crippen molar-refractivity contribution in [2.24, 2.45) is 0 Å². The third-order valence-corrected chi connectivity index (χ3v) is 4.73. The first-order chi connectivity index (χ1) is 12.5. The fourth-order valence-corrected chi connectivity index (χ4v) is 3.03. The summed E-state index contributed by atoms with van der Waals surface area (Å²) in [4.78, 5) is 0. The molecule has 0 radical (unpaired) electrons. The average Bonchev–Trinajstić information content (AvgIpc) is 2.64. The zero-order valence-corrected chi connectivity index (χ0v) is 15.9. The number of ether oxygens (including phenoxy) is 1. The lowest BCUT2D eigenvalue weighted by atomic mass is 10.2. The average molecular weight is 409 g/mol. The molecule has 0 aliphatic carbocycles. The molecule has 3 aromatic rings. The summed E-state index contributed by atoms with van der Waals surface area (Å²) in [6.45, 7) is 1.00. The lowest BCUT2D eigenvalue weighted by Crippen LogP contribution is -2.00. The largest absolute Gasteiger partial charge is 0.505 e. The highest BCUT2D eigenvalue weighted by Crippen LogP contribution is 2.34. The Morgan fingerprint density at radius 1 is 0.846 bits per heavy atom. The maximum atomic E-state index is 9.58. The van der Waals surface area contributed by atoms with Gasteiger partial charge in [0.25, 0.3) is 0 Å². The van der Waals surface area contributed by atoms with Crippen molar-refractivity contribution in [3.8, 4) is 11.5 Å². The van der Waals surface area contributed by atoms with Crippen LogP contribution in [-0.2, 0) is 13.2 Å². The molecule has 26 heavy (non-hydrogen) atoms. The number of hydrogen-bond acceptors (Lipinski definition) is 3. The van der Waals surface area contributed by atoms with Crippen molar-refractivity contribution in [1.82, 2.24) is 0 Å². The number of phenolic OH excluding ortho intramolecular Hbond substituents is 1. The van der Waals surface area contributed by atoms with Gasteiger partial charge in [-0.15, -0.1) is 0 Å². The van der Waals surface area contributed by atoms with E-state index in [1.807, 2.05) is 48.5 Å². The van der Waals surface area contributed by atoms with Crippen LogP contribution in [0.1, 0.15) is 11.1 Å². The number of aromatic hydroxyl groups is 1.